The van der Waals surface area contributed by atoms with Crippen LogP contribution < -0.4 is 10.1 Å². The zero-order valence-electron chi connectivity index (χ0n) is 17.8. The molecule has 0 bridgehead atoms. The van der Waals surface area contributed by atoms with E-state index in [1.165, 1.54) is 4.70 Å². The van der Waals surface area contributed by atoms with E-state index in [9.17, 15) is 9.59 Å². The number of benzene rings is 2. The van der Waals surface area contributed by atoms with Crippen LogP contribution in [0.3, 0.4) is 0 Å². The van der Waals surface area contributed by atoms with Crippen molar-refractivity contribution in [2.75, 3.05) is 19.6 Å². The third-order valence-corrected chi connectivity index (χ3v) is 6.59. The smallest absolute Gasteiger partial charge is 0.251 e. The number of aromatic nitrogens is 1. The molecular formula is C24H27N3O3S. The predicted molar refractivity (Wildman–Crippen MR) is 123 cm³/mol. The van der Waals surface area contributed by atoms with Gasteiger partial charge in [0.15, 0.2) is 0 Å². The van der Waals surface area contributed by atoms with Crippen molar-refractivity contribution in [3.63, 3.8) is 0 Å². The second kappa shape index (κ2) is 9.47. The van der Waals surface area contributed by atoms with E-state index in [1.54, 1.807) is 35.6 Å². The molecule has 2 aromatic carbocycles. The number of nitrogens with one attached hydrogen (secondary N) is 1. The fraction of sp³-hybridized carbons (Fsp3) is 0.375. The second-order valence-electron chi connectivity index (χ2n) is 8.05. The fourth-order valence-corrected chi connectivity index (χ4v) is 4.90. The first kappa shape index (κ1) is 21.3. The van der Waals surface area contributed by atoms with Gasteiger partial charge in [0.1, 0.15) is 5.75 Å². The molecule has 2 amide bonds. The minimum Gasteiger partial charge on any atom is -0.491 e. The Morgan fingerprint density at radius 2 is 1.84 bits per heavy atom. The summed E-state index contributed by atoms with van der Waals surface area (Å²) in [5.41, 5.74) is 1.56. The van der Waals surface area contributed by atoms with Gasteiger partial charge in [0.2, 0.25) is 5.91 Å². The summed E-state index contributed by atoms with van der Waals surface area (Å²) in [5.74, 6) is 0.811. The van der Waals surface area contributed by atoms with Crippen LogP contribution in [0, 0.1) is 0 Å². The van der Waals surface area contributed by atoms with Crippen molar-refractivity contribution in [1.82, 2.24) is 15.2 Å². The quantitative estimate of drug-likeness (QED) is 0.627. The fourth-order valence-electron chi connectivity index (χ4n) is 3.77. The van der Waals surface area contributed by atoms with Gasteiger partial charge in [-0.25, -0.2) is 4.98 Å². The van der Waals surface area contributed by atoms with Crippen LogP contribution >= 0.6 is 11.3 Å². The van der Waals surface area contributed by atoms with Crippen LogP contribution in [0.25, 0.3) is 10.2 Å². The molecule has 1 aliphatic heterocycles. The van der Waals surface area contributed by atoms with Gasteiger partial charge in [0, 0.05) is 24.6 Å². The van der Waals surface area contributed by atoms with Gasteiger partial charge in [-0.1, -0.05) is 12.1 Å². The molecule has 1 saturated heterocycles. The number of ether oxygens (including phenoxy) is 1. The van der Waals surface area contributed by atoms with Gasteiger partial charge in [-0.3, -0.25) is 9.59 Å². The molecule has 1 aromatic heterocycles. The SMILES string of the molecule is CC(C)Oc1ccc(C(=O)NCC(=O)N2CCC(c3nc4ccccc4s3)CC2)cc1. The Labute approximate surface area is 186 Å². The summed E-state index contributed by atoms with van der Waals surface area (Å²) in [6.45, 7) is 5.30. The molecule has 162 valence electrons. The Hall–Kier alpha value is -2.93. The molecule has 0 radical (unpaired) electrons. The number of hydrogen-bond donors (Lipinski definition) is 1. The van der Waals surface area contributed by atoms with Gasteiger partial charge >= 0.3 is 0 Å². The van der Waals surface area contributed by atoms with Crippen LogP contribution in [0.5, 0.6) is 5.75 Å². The number of amides is 2. The highest BCUT2D eigenvalue weighted by atomic mass is 32.1. The van der Waals surface area contributed by atoms with Crippen LogP contribution in [-0.2, 0) is 4.79 Å². The van der Waals surface area contributed by atoms with Crippen molar-refractivity contribution >= 4 is 33.4 Å². The number of carbonyl (C=O) groups excluding carboxylic acids is 2. The van der Waals surface area contributed by atoms with Crippen LogP contribution in [0.2, 0.25) is 0 Å². The lowest BCUT2D eigenvalue weighted by Crippen LogP contribution is -2.43. The Bertz CT molecular complexity index is 1020. The molecule has 1 N–H and O–H groups in total. The third-order valence-electron chi connectivity index (χ3n) is 5.40. The molecule has 7 heteroatoms. The molecule has 31 heavy (non-hydrogen) atoms. The topological polar surface area (TPSA) is 71.5 Å². The molecular weight excluding hydrogens is 410 g/mol. The number of carbonyl (C=O) groups is 2. The number of para-hydroxylation sites is 1. The number of likely N-dealkylation sites (tertiary alicyclic amines) is 1. The lowest BCUT2D eigenvalue weighted by atomic mass is 9.97. The zero-order chi connectivity index (χ0) is 21.8. The summed E-state index contributed by atoms with van der Waals surface area (Å²) >= 11 is 1.75. The molecule has 4 rings (SSSR count). The van der Waals surface area contributed by atoms with Crippen molar-refractivity contribution < 1.29 is 14.3 Å². The monoisotopic (exact) mass is 437 g/mol. The van der Waals surface area contributed by atoms with Gasteiger partial charge in [0.05, 0.1) is 27.9 Å². The molecule has 0 aliphatic carbocycles. The van der Waals surface area contributed by atoms with Crippen LogP contribution in [0.4, 0.5) is 0 Å². The summed E-state index contributed by atoms with van der Waals surface area (Å²) < 4.78 is 6.80. The maximum absolute atomic E-state index is 12.6. The number of fused-ring (bicyclic) bond motifs is 1. The summed E-state index contributed by atoms with van der Waals surface area (Å²) in [6, 6.07) is 15.1. The first-order valence-corrected chi connectivity index (χ1v) is 11.5. The van der Waals surface area contributed by atoms with Gasteiger partial charge in [-0.05, 0) is 63.1 Å². The molecule has 0 spiro atoms. The lowest BCUT2D eigenvalue weighted by Gasteiger charge is -2.31. The van der Waals surface area contributed by atoms with E-state index in [4.69, 9.17) is 9.72 Å². The highest BCUT2D eigenvalue weighted by molar-refractivity contribution is 7.18. The maximum Gasteiger partial charge on any atom is 0.251 e. The normalized spacial score (nSPS) is 14.7. The molecule has 0 unspecified atom stereocenters. The van der Waals surface area contributed by atoms with Crippen LogP contribution in [0.15, 0.2) is 48.5 Å². The first-order chi connectivity index (χ1) is 15.0. The number of rotatable bonds is 6. The van der Waals surface area contributed by atoms with E-state index in [1.807, 2.05) is 36.9 Å². The molecule has 1 aliphatic rings. The average Bonchev–Trinajstić information content (AvgIpc) is 3.22. The van der Waals surface area contributed by atoms with Crippen molar-refractivity contribution in [1.29, 1.82) is 0 Å². The van der Waals surface area contributed by atoms with Gasteiger partial charge in [0.25, 0.3) is 5.91 Å². The van der Waals surface area contributed by atoms with Crippen LogP contribution in [0.1, 0.15) is 48.0 Å². The van der Waals surface area contributed by atoms with Crippen LogP contribution in [-0.4, -0.2) is 47.4 Å². The van der Waals surface area contributed by atoms with Gasteiger partial charge < -0.3 is 15.0 Å². The molecule has 6 nitrogen and oxygen atoms in total. The van der Waals surface area contributed by atoms with Crippen molar-refractivity contribution in [3.05, 3.63) is 59.1 Å². The maximum atomic E-state index is 12.6. The second-order valence-corrected chi connectivity index (χ2v) is 9.11. The van der Waals surface area contributed by atoms with Crippen molar-refractivity contribution in [2.45, 2.75) is 38.7 Å². The number of hydrogen-bond acceptors (Lipinski definition) is 5. The number of thiazole rings is 1. The summed E-state index contributed by atoms with van der Waals surface area (Å²) in [4.78, 5) is 31.5. The van der Waals surface area contributed by atoms with E-state index in [0.717, 1.165) is 29.1 Å². The molecule has 2 heterocycles. The minimum absolute atomic E-state index is 0.00881. The largest absolute Gasteiger partial charge is 0.491 e. The van der Waals surface area contributed by atoms with E-state index < -0.39 is 0 Å². The standard InChI is InChI=1S/C24H27N3O3S/c1-16(2)30-19-9-7-17(8-10-19)23(29)25-15-22(28)27-13-11-18(12-14-27)24-26-20-5-3-4-6-21(20)31-24/h3-10,16,18H,11-15H2,1-2H3,(H,25,29). The van der Waals surface area contributed by atoms with Crippen molar-refractivity contribution in [3.8, 4) is 5.75 Å². The predicted octanol–water partition coefficient (Wildman–Crippen LogP) is 4.22. The summed E-state index contributed by atoms with van der Waals surface area (Å²) in [5, 5.41) is 3.89. The first-order valence-electron chi connectivity index (χ1n) is 10.7. The summed E-state index contributed by atoms with van der Waals surface area (Å²) in [7, 11) is 0. The molecule has 0 saturated carbocycles. The highest BCUT2D eigenvalue weighted by Gasteiger charge is 2.26. The summed E-state index contributed by atoms with van der Waals surface area (Å²) in [6.07, 6.45) is 1.88. The Morgan fingerprint density at radius 3 is 2.52 bits per heavy atom. The van der Waals surface area contributed by atoms with Gasteiger partial charge in [-0.2, -0.15) is 0 Å². The van der Waals surface area contributed by atoms with E-state index >= 15 is 0 Å². The Kier molecular flexibility index (Phi) is 6.51. The van der Waals surface area contributed by atoms with E-state index in [0.29, 0.717) is 24.6 Å². The Balaban J connectivity index is 1.25. The molecule has 3 aromatic rings. The minimum atomic E-state index is -0.256. The molecule has 1 fully saturated rings. The number of piperidine rings is 1. The van der Waals surface area contributed by atoms with Gasteiger partial charge in [-0.15, -0.1) is 11.3 Å². The average molecular weight is 438 g/mol. The highest BCUT2D eigenvalue weighted by Crippen LogP contribution is 2.33. The van der Waals surface area contributed by atoms with E-state index in [2.05, 4.69) is 11.4 Å². The third kappa shape index (κ3) is 5.22. The Morgan fingerprint density at radius 1 is 1.13 bits per heavy atom. The van der Waals surface area contributed by atoms with E-state index in [-0.39, 0.29) is 24.5 Å². The molecule has 0 atom stereocenters. The van der Waals surface area contributed by atoms with Crippen molar-refractivity contribution in [2.24, 2.45) is 0 Å². The number of nitrogens with zero attached hydrogens (tertiary/aromatic N) is 2. The lowest BCUT2D eigenvalue weighted by molar-refractivity contribution is -0.131. The zero-order valence-corrected chi connectivity index (χ0v) is 18.7.